The average Bonchev–Trinajstić information content (AvgIpc) is 2.79. The first-order valence-corrected chi connectivity index (χ1v) is 14.9. The summed E-state index contributed by atoms with van der Waals surface area (Å²) in [7, 11) is 8.54. The summed E-state index contributed by atoms with van der Waals surface area (Å²) in [6.07, 6.45) is 24.2. The first-order valence-electron chi connectivity index (χ1n) is 14.9. The van der Waals surface area contributed by atoms with Crippen LogP contribution in [0.15, 0.2) is 6.08 Å². The molecular formula is C31H60N2O3+2. The van der Waals surface area contributed by atoms with Crippen LogP contribution in [0.3, 0.4) is 0 Å². The Morgan fingerprint density at radius 3 is 2.22 bits per heavy atom. The molecule has 0 aromatic rings. The van der Waals surface area contributed by atoms with Crippen molar-refractivity contribution in [3.63, 3.8) is 0 Å². The van der Waals surface area contributed by atoms with Gasteiger partial charge in [0.15, 0.2) is 19.0 Å². The van der Waals surface area contributed by atoms with Gasteiger partial charge in [-0.3, -0.25) is 0 Å². The van der Waals surface area contributed by atoms with Gasteiger partial charge < -0.3 is 18.9 Å². The van der Waals surface area contributed by atoms with E-state index in [0.29, 0.717) is 16.8 Å². The molecule has 0 saturated heterocycles. The van der Waals surface area contributed by atoms with E-state index in [1.165, 1.54) is 51.4 Å². The predicted molar refractivity (Wildman–Crippen MR) is 153 cm³/mol. The number of rotatable bonds is 25. The van der Waals surface area contributed by atoms with Gasteiger partial charge in [-0.2, -0.15) is 0 Å². The number of ketones is 1. The summed E-state index contributed by atoms with van der Waals surface area (Å²) in [4.78, 5) is 26.0. The molecule has 0 amide bonds. The highest BCUT2D eigenvalue weighted by molar-refractivity contribution is 5.75. The fourth-order valence-electron chi connectivity index (χ4n) is 4.44. The normalized spacial score (nSPS) is 12.8. The largest absolute Gasteiger partial charge is 0.458 e. The minimum atomic E-state index is -0.0629. The number of likely N-dealkylation sites (N-methyl/N-ethyl adjacent to an activating group) is 1. The first kappa shape index (κ1) is 34.7. The third-order valence-electron chi connectivity index (χ3n) is 6.73. The Labute approximate surface area is 224 Å². The highest BCUT2D eigenvalue weighted by Crippen LogP contribution is 2.15. The van der Waals surface area contributed by atoms with E-state index < -0.39 is 0 Å². The van der Waals surface area contributed by atoms with Crippen LogP contribution in [0.2, 0.25) is 0 Å². The number of Topliss-reactive ketones (excluding diaryl/α,β-unsaturated/α-hetero) is 1. The molecular weight excluding hydrogens is 448 g/mol. The number of hydrogen-bond acceptors (Lipinski definition) is 4. The van der Waals surface area contributed by atoms with E-state index in [0.717, 1.165) is 70.9 Å². The van der Waals surface area contributed by atoms with Crippen molar-refractivity contribution < 1.29 is 18.8 Å². The zero-order valence-electron chi connectivity index (χ0n) is 24.9. The van der Waals surface area contributed by atoms with Gasteiger partial charge >= 0.3 is 5.97 Å². The molecule has 0 bridgehead atoms. The molecule has 210 valence electrons. The van der Waals surface area contributed by atoms with Gasteiger partial charge in [-0.25, -0.2) is 4.79 Å². The zero-order valence-corrected chi connectivity index (χ0v) is 24.9. The molecule has 1 atom stereocenters. The smallest absolute Gasteiger partial charge is 0.362 e. The third-order valence-corrected chi connectivity index (χ3v) is 6.73. The number of quaternary nitrogens is 1. The van der Waals surface area contributed by atoms with Crippen molar-refractivity contribution in [2.75, 3.05) is 47.8 Å². The Hall–Kier alpha value is -1.29. The quantitative estimate of drug-likeness (QED) is 0.0569. The Balaban J connectivity index is 4.32. The Morgan fingerprint density at radius 1 is 0.889 bits per heavy atom. The summed E-state index contributed by atoms with van der Waals surface area (Å²) in [6.45, 7) is 6.50. The fraction of sp³-hybridized carbons (Fsp3) is 0.871. The van der Waals surface area contributed by atoms with Crippen LogP contribution < -0.4 is 0 Å². The molecule has 0 aliphatic carbocycles. The lowest BCUT2D eigenvalue weighted by molar-refractivity contribution is -0.883. The molecule has 5 heteroatoms. The van der Waals surface area contributed by atoms with Gasteiger partial charge in [0.25, 0.3) is 0 Å². The summed E-state index contributed by atoms with van der Waals surface area (Å²) in [5, 5.41) is 0. The second-order valence-electron chi connectivity index (χ2n) is 11.6. The molecule has 0 saturated carbocycles. The van der Waals surface area contributed by atoms with Gasteiger partial charge in [0.2, 0.25) is 6.08 Å². The number of carbonyl (C=O) groups is 2. The maximum Gasteiger partial charge on any atom is 0.362 e. The van der Waals surface area contributed by atoms with E-state index in [1.807, 2.05) is 0 Å². The van der Waals surface area contributed by atoms with Crippen molar-refractivity contribution in [3.8, 4) is 0 Å². The molecule has 0 spiro atoms. The molecule has 36 heavy (non-hydrogen) atoms. The van der Waals surface area contributed by atoms with Gasteiger partial charge in [0.1, 0.15) is 11.9 Å². The van der Waals surface area contributed by atoms with E-state index in [-0.39, 0.29) is 12.1 Å². The van der Waals surface area contributed by atoms with E-state index in [1.54, 1.807) is 6.92 Å². The molecule has 0 rings (SSSR count). The lowest BCUT2D eigenvalue weighted by Gasteiger charge is -2.29. The fourth-order valence-corrected chi connectivity index (χ4v) is 4.44. The Kier molecular flexibility index (Phi) is 22.1. The molecule has 0 aliphatic heterocycles. The Morgan fingerprint density at radius 2 is 1.53 bits per heavy atom. The maximum absolute atomic E-state index is 12.8. The van der Waals surface area contributed by atoms with Crippen molar-refractivity contribution >= 4 is 11.8 Å². The van der Waals surface area contributed by atoms with Crippen LogP contribution in [0, 0.1) is 6.08 Å². The molecule has 0 N–H and O–H groups in total. The Bertz CT molecular complexity index is 572. The van der Waals surface area contributed by atoms with Gasteiger partial charge in [-0.05, 0) is 78.9 Å². The number of hydrogen-bond donors (Lipinski definition) is 0. The van der Waals surface area contributed by atoms with Crippen molar-refractivity contribution in [2.24, 2.45) is 0 Å². The average molecular weight is 509 g/mol. The number of carbonyl (C=O) groups excluding carboxylic acids is 2. The van der Waals surface area contributed by atoms with E-state index in [9.17, 15) is 9.59 Å². The minimum Gasteiger partial charge on any atom is -0.458 e. The van der Waals surface area contributed by atoms with Crippen molar-refractivity contribution in [1.82, 2.24) is 4.90 Å². The molecule has 0 fully saturated rings. The van der Waals surface area contributed by atoms with Crippen molar-refractivity contribution in [1.29, 1.82) is 0 Å². The van der Waals surface area contributed by atoms with E-state index in [2.05, 4.69) is 52.2 Å². The lowest BCUT2D eigenvalue weighted by atomic mass is 10.1. The number of ether oxygens (including phenoxy) is 1. The third kappa shape index (κ3) is 24.4. The molecule has 1 unspecified atom stereocenters. The monoisotopic (exact) mass is 508 g/mol. The van der Waals surface area contributed by atoms with Crippen LogP contribution >= 0.6 is 0 Å². The van der Waals surface area contributed by atoms with Crippen LogP contribution in [0.5, 0.6) is 0 Å². The molecule has 0 aromatic heterocycles. The van der Waals surface area contributed by atoms with E-state index in [4.69, 9.17) is 4.74 Å². The standard InChI is InChI=1S/C31H60N2O3/c1-7-8-9-19-24-30(25-20-15-13-11-10-12-14-18-23-29(2)34)36-31(35)28-33(5,6)27-22-17-16-21-26-32(3)4/h20,30H,7-14,16-19,21-28H2,1-6H3/q+2. The first-order chi connectivity index (χ1) is 17.2. The predicted octanol–water partition coefficient (Wildman–Crippen LogP) is 7.14. The highest BCUT2D eigenvalue weighted by atomic mass is 16.5. The van der Waals surface area contributed by atoms with Crippen LogP contribution in [0.25, 0.3) is 0 Å². The summed E-state index contributed by atoms with van der Waals surface area (Å²) in [5.74, 6) is 0.233. The number of esters is 1. The number of nitrogens with zero attached hydrogens (tertiary/aromatic N) is 2. The van der Waals surface area contributed by atoms with Gasteiger partial charge in [0.05, 0.1) is 27.1 Å². The van der Waals surface area contributed by atoms with Gasteiger partial charge in [-0.1, -0.05) is 45.4 Å². The van der Waals surface area contributed by atoms with Gasteiger partial charge in [0, 0.05) is 6.42 Å². The maximum atomic E-state index is 12.8. The topological polar surface area (TPSA) is 46.6 Å². The second-order valence-corrected chi connectivity index (χ2v) is 11.6. The lowest BCUT2D eigenvalue weighted by Crippen LogP contribution is -2.45. The zero-order chi connectivity index (χ0) is 27.1. The summed E-state index contributed by atoms with van der Waals surface area (Å²) in [5.41, 5.74) is 0. The number of allylic oxidation sites excluding steroid dienone is 1. The van der Waals surface area contributed by atoms with Gasteiger partial charge in [-0.15, -0.1) is 0 Å². The van der Waals surface area contributed by atoms with Crippen molar-refractivity contribution in [2.45, 2.75) is 129 Å². The van der Waals surface area contributed by atoms with Crippen LogP contribution in [-0.2, 0) is 14.3 Å². The molecule has 0 radical (unpaired) electrons. The summed E-state index contributed by atoms with van der Waals surface area (Å²) >= 11 is 0. The van der Waals surface area contributed by atoms with Crippen LogP contribution in [0.4, 0.5) is 0 Å². The van der Waals surface area contributed by atoms with E-state index >= 15 is 0 Å². The molecule has 0 aliphatic rings. The summed E-state index contributed by atoms with van der Waals surface area (Å²) in [6, 6.07) is 0. The number of unbranched alkanes of at least 4 members (excludes halogenated alkanes) is 11. The molecule has 0 aromatic carbocycles. The van der Waals surface area contributed by atoms with Crippen molar-refractivity contribution in [3.05, 3.63) is 12.2 Å². The minimum absolute atomic E-state index is 0.0283. The van der Waals surface area contributed by atoms with Crippen LogP contribution in [-0.4, -0.2) is 75.1 Å². The molecule has 0 heterocycles. The highest BCUT2D eigenvalue weighted by Gasteiger charge is 2.23. The van der Waals surface area contributed by atoms with Crippen LogP contribution in [0.1, 0.15) is 123 Å². The second kappa shape index (κ2) is 22.9. The molecule has 5 nitrogen and oxygen atoms in total. The summed E-state index contributed by atoms with van der Waals surface area (Å²) < 4.78 is 6.67. The SMILES string of the molecule is CCCCCCC(CC=[C+]CCCCCCCC(C)=O)OC(=O)C[N+](C)(C)CCCCCCN(C)C.